The summed E-state index contributed by atoms with van der Waals surface area (Å²) >= 11 is 0. The van der Waals surface area contributed by atoms with Crippen molar-refractivity contribution in [3.8, 4) is 0 Å². The van der Waals surface area contributed by atoms with Gasteiger partial charge in [0, 0.05) is 11.3 Å². The van der Waals surface area contributed by atoms with Gasteiger partial charge in [-0.05, 0) is 32.0 Å². The second-order valence-electron chi connectivity index (χ2n) is 5.59. The summed E-state index contributed by atoms with van der Waals surface area (Å²) in [5.74, 6) is -1.34. The lowest BCUT2D eigenvalue weighted by molar-refractivity contribution is -0.195. The number of benzene rings is 1. The molecule has 1 aliphatic rings. The second-order valence-corrected chi connectivity index (χ2v) is 5.59. The van der Waals surface area contributed by atoms with Crippen LogP contribution in [-0.2, 0) is 19.2 Å². The number of nitrogens with one attached hydrogen (secondary N) is 1. The maximum absolute atomic E-state index is 13.7. The molecule has 120 valence electrons. The van der Waals surface area contributed by atoms with Crippen molar-refractivity contribution in [2.45, 2.75) is 31.8 Å². The number of hydroxylamine groups is 2. The smallest absolute Gasteiger partial charge is 0.308 e. The molecular formula is C15H19FN2O4. The summed E-state index contributed by atoms with van der Waals surface area (Å²) in [5, 5.41) is 4.16. The average Bonchev–Trinajstić information content (AvgIpc) is 2.54. The summed E-state index contributed by atoms with van der Waals surface area (Å²) in [7, 11) is 2.59. The highest BCUT2D eigenvalue weighted by molar-refractivity contribution is 5.90. The number of esters is 1. The van der Waals surface area contributed by atoms with E-state index in [0.717, 1.165) is 5.06 Å². The molecule has 1 aromatic rings. The number of ether oxygens (including phenoxy) is 1. The van der Waals surface area contributed by atoms with Crippen molar-refractivity contribution in [1.82, 2.24) is 5.06 Å². The van der Waals surface area contributed by atoms with Gasteiger partial charge < -0.3 is 10.1 Å². The van der Waals surface area contributed by atoms with E-state index in [0.29, 0.717) is 11.3 Å². The third-order valence-corrected chi connectivity index (χ3v) is 3.62. The molecule has 0 bridgehead atoms. The zero-order chi connectivity index (χ0) is 16.5. The van der Waals surface area contributed by atoms with Crippen LogP contribution in [0.25, 0.3) is 0 Å². The van der Waals surface area contributed by atoms with Crippen LogP contribution in [0, 0.1) is 5.82 Å². The van der Waals surface area contributed by atoms with E-state index in [1.54, 1.807) is 19.9 Å². The summed E-state index contributed by atoms with van der Waals surface area (Å²) in [4.78, 5) is 29.5. The van der Waals surface area contributed by atoms with Crippen LogP contribution in [0.5, 0.6) is 0 Å². The summed E-state index contributed by atoms with van der Waals surface area (Å²) in [6.45, 7) is 3.38. The highest BCUT2D eigenvalue weighted by Crippen LogP contribution is 2.37. The van der Waals surface area contributed by atoms with Gasteiger partial charge in [-0.2, -0.15) is 0 Å². The number of methoxy groups -OCH3 is 1. The maximum atomic E-state index is 13.7. The Balaban J connectivity index is 2.58. The maximum Gasteiger partial charge on any atom is 0.308 e. The SMILES string of the molecule is COC(=O)CC1c2cc(F)ccc2NC(C)(C)C(=O)N1OC. The summed E-state index contributed by atoms with van der Waals surface area (Å²) in [5.41, 5.74) is 0.0763. The lowest BCUT2D eigenvalue weighted by atomic mass is 10.0. The number of nitrogens with zero attached hydrogens (tertiary/aromatic N) is 1. The van der Waals surface area contributed by atoms with Crippen molar-refractivity contribution in [2.24, 2.45) is 0 Å². The van der Waals surface area contributed by atoms with Gasteiger partial charge >= 0.3 is 5.97 Å². The fraction of sp³-hybridized carbons (Fsp3) is 0.467. The molecule has 1 aromatic carbocycles. The molecule has 1 atom stereocenters. The highest BCUT2D eigenvalue weighted by atomic mass is 19.1. The number of carbonyl (C=O) groups excluding carboxylic acids is 2. The van der Waals surface area contributed by atoms with E-state index in [1.807, 2.05) is 0 Å². The number of hydrogen-bond acceptors (Lipinski definition) is 5. The first-order valence-corrected chi connectivity index (χ1v) is 6.82. The minimum Gasteiger partial charge on any atom is -0.469 e. The van der Waals surface area contributed by atoms with E-state index in [9.17, 15) is 14.0 Å². The molecular weight excluding hydrogens is 291 g/mol. The summed E-state index contributed by atoms with van der Waals surface area (Å²) in [6.07, 6.45) is -0.135. The normalized spacial score (nSPS) is 20.0. The van der Waals surface area contributed by atoms with Crippen LogP contribution in [0.4, 0.5) is 10.1 Å². The lowest BCUT2D eigenvalue weighted by Crippen LogP contribution is -2.48. The Morgan fingerprint density at radius 2 is 2.09 bits per heavy atom. The Bertz CT molecular complexity index is 603. The first kappa shape index (κ1) is 16.2. The van der Waals surface area contributed by atoms with Crippen molar-refractivity contribution in [3.05, 3.63) is 29.6 Å². The van der Waals surface area contributed by atoms with E-state index in [-0.39, 0.29) is 12.3 Å². The molecule has 0 saturated heterocycles. The minimum atomic E-state index is -0.965. The molecule has 1 unspecified atom stereocenters. The predicted octanol–water partition coefficient (Wildman–Crippen LogP) is 2.02. The predicted molar refractivity (Wildman–Crippen MR) is 77.3 cm³/mol. The first-order valence-electron chi connectivity index (χ1n) is 6.82. The van der Waals surface area contributed by atoms with Gasteiger partial charge in [0.2, 0.25) is 0 Å². The number of hydrogen-bond donors (Lipinski definition) is 1. The first-order chi connectivity index (χ1) is 10.3. The van der Waals surface area contributed by atoms with Crippen molar-refractivity contribution >= 4 is 17.6 Å². The standard InChI is InChI=1S/C15H19FN2O4/c1-15(2)14(20)18(22-4)12(8-13(19)21-3)10-7-9(16)5-6-11(10)17-15/h5-7,12,17H,8H2,1-4H3. The summed E-state index contributed by atoms with van der Waals surface area (Å²) in [6, 6.07) is 3.36. The molecule has 0 saturated carbocycles. The molecule has 6 nitrogen and oxygen atoms in total. The van der Waals surface area contributed by atoms with Crippen LogP contribution in [-0.4, -0.2) is 36.7 Å². The van der Waals surface area contributed by atoms with Crippen LogP contribution in [0.2, 0.25) is 0 Å². The van der Waals surface area contributed by atoms with Crippen molar-refractivity contribution in [2.75, 3.05) is 19.5 Å². The number of rotatable bonds is 3. The van der Waals surface area contributed by atoms with Crippen LogP contribution in [0.3, 0.4) is 0 Å². The molecule has 7 heteroatoms. The fourth-order valence-corrected chi connectivity index (χ4v) is 2.50. The highest BCUT2D eigenvalue weighted by Gasteiger charge is 2.42. The molecule has 22 heavy (non-hydrogen) atoms. The molecule has 0 radical (unpaired) electrons. The largest absolute Gasteiger partial charge is 0.469 e. The lowest BCUT2D eigenvalue weighted by Gasteiger charge is -2.31. The van der Waals surface area contributed by atoms with Gasteiger partial charge in [-0.25, -0.2) is 9.45 Å². The number of fused-ring (bicyclic) bond motifs is 1. The van der Waals surface area contributed by atoms with Crippen molar-refractivity contribution in [1.29, 1.82) is 0 Å². The Labute approximate surface area is 128 Å². The average molecular weight is 310 g/mol. The molecule has 0 fully saturated rings. The Morgan fingerprint density at radius 1 is 1.41 bits per heavy atom. The second kappa shape index (κ2) is 5.92. The van der Waals surface area contributed by atoms with E-state index in [2.05, 4.69) is 10.1 Å². The number of halogens is 1. The zero-order valence-electron chi connectivity index (χ0n) is 13.0. The Morgan fingerprint density at radius 3 is 2.68 bits per heavy atom. The molecule has 1 N–H and O–H groups in total. The number of carbonyl (C=O) groups is 2. The van der Waals surface area contributed by atoms with Crippen molar-refractivity contribution in [3.63, 3.8) is 0 Å². The van der Waals surface area contributed by atoms with E-state index >= 15 is 0 Å². The van der Waals surface area contributed by atoms with Gasteiger partial charge in [0.05, 0.1) is 26.7 Å². The van der Waals surface area contributed by atoms with Gasteiger partial charge in [-0.15, -0.1) is 0 Å². The van der Waals surface area contributed by atoms with E-state index in [4.69, 9.17) is 4.84 Å². The topological polar surface area (TPSA) is 67.9 Å². The quantitative estimate of drug-likeness (QED) is 0.865. The third kappa shape index (κ3) is 2.89. The molecule has 2 rings (SSSR count). The van der Waals surface area contributed by atoms with Crippen LogP contribution >= 0.6 is 0 Å². The van der Waals surface area contributed by atoms with Crippen LogP contribution < -0.4 is 5.32 Å². The van der Waals surface area contributed by atoms with E-state index in [1.165, 1.54) is 26.4 Å². The zero-order valence-corrected chi connectivity index (χ0v) is 13.0. The Hall–Kier alpha value is -2.15. The van der Waals surface area contributed by atoms with E-state index < -0.39 is 23.4 Å². The third-order valence-electron chi connectivity index (χ3n) is 3.62. The van der Waals surface area contributed by atoms with Gasteiger partial charge in [-0.1, -0.05) is 0 Å². The molecule has 0 spiro atoms. The number of anilines is 1. The Kier molecular flexibility index (Phi) is 4.37. The van der Waals surface area contributed by atoms with Crippen LogP contribution in [0.1, 0.15) is 31.9 Å². The van der Waals surface area contributed by atoms with Crippen molar-refractivity contribution < 1.29 is 23.6 Å². The fourth-order valence-electron chi connectivity index (χ4n) is 2.50. The molecule has 0 aromatic heterocycles. The molecule has 1 aliphatic heterocycles. The number of amides is 1. The monoisotopic (exact) mass is 310 g/mol. The summed E-state index contributed by atoms with van der Waals surface area (Å²) < 4.78 is 18.3. The molecule has 0 aliphatic carbocycles. The molecule has 1 amide bonds. The van der Waals surface area contributed by atoms with Gasteiger partial charge in [-0.3, -0.25) is 14.4 Å². The molecule has 1 heterocycles. The van der Waals surface area contributed by atoms with Gasteiger partial charge in [0.25, 0.3) is 5.91 Å². The van der Waals surface area contributed by atoms with Gasteiger partial charge in [0.1, 0.15) is 11.4 Å². The van der Waals surface area contributed by atoms with Crippen LogP contribution in [0.15, 0.2) is 18.2 Å². The minimum absolute atomic E-state index is 0.135. The van der Waals surface area contributed by atoms with Gasteiger partial charge in [0.15, 0.2) is 0 Å².